The quantitative estimate of drug-likeness (QED) is 0.201. The maximum Gasteiger partial charge on any atom is 0.128 e. The van der Waals surface area contributed by atoms with Crippen LogP contribution < -0.4 is 15.5 Å². The van der Waals surface area contributed by atoms with Gasteiger partial charge in [-0.25, -0.2) is 0 Å². The van der Waals surface area contributed by atoms with Crippen molar-refractivity contribution < 1.29 is 0 Å². The van der Waals surface area contributed by atoms with Crippen LogP contribution in [0.15, 0.2) is 171 Å². The molecule has 0 saturated carbocycles. The summed E-state index contributed by atoms with van der Waals surface area (Å²) in [5.74, 6) is 0. The largest absolute Gasteiger partial charge is 0.373 e. The zero-order chi connectivity index (χ0) is 33.2. The molecule has 0 saturated heterocycles. The summed E-state index contributed by atoms with van der Waals surface area (Å²) >= 11 is 0. The topological polar surface area (TPSA) is 32.2 Å². The van der Waals surface area contributed by atoms with Crippen LogP contribution in [-0.2, 0) is 0 Å². The molecule has 3 heterocycles. The fraction of sp³-hybridized carbons (Fsp3) is 0.0435. The van der Waals surface area contributed by atoms with E-state index in [1.54, 1.807) is 0 Å². The van der Waals surface area contributed by atoms with Crippen molar-refractivity contribution in [1.29, 1.82) is 0 Å². The molecule has 238 valence electrons. The molecule has 4 heteroatoms. The molecule has 2 atom stereocenters. The Balaban J connectivity index is 1.25. The summed E-state index contributed by atoms with van der Waals surface area (Å²) in [5, 5.41) is 12.8. The Hall–Kier alpha value is -6.52. The van der Waals surface area contributed by atoms with Gasteiger partial charge in [0.2, 0.25) is 0 Å². The summed E-state index contributed by atoms with van der Waals surface area (Å²) in [6.07, 6.45) is 4.32. The standard InChI is InChI=1S/C46H34N4/c1-30-36-18-8-7-14-32(36)25-26-49(43-29-44-39(28-38(30)43)37-19-9-12-22-42(37)50(44)35-16-3-2-4-17-35)46-45(47-40-20-10-11-21-41(40)48-46)34-24-23-31-13-5-6-15-33(31)27-34/h2-29,45-48H,1H2/b26-25-. The van der Waals surface area contributed by atoms with Crippen molar-refractivity contribution >= 4 is 61.3 Å². The van der Waals surface area contributed by atoms with E-state index < -0.39 is 0 Å². The number of para-hydroxylation sites is 4. The molecule has 50 heavy (non-hydrogen) atoms. The van der Waals surface area contributed by atoms with E-state index in [9.17, 15) is 0 Å². The SMILES string of the molecule is C=C1c2ccccc2/C=C\N(C2Nc3ccccc3NC2c2ccc3ccccc3c2)c2cc3c(cc21)c1ccccc1n3-c1ccccc1. The molecule has 2 aliphatic heterocycles. The van der Waals surface area contributed by atoms with Crippen LogP contribution in [0.4, 0.5) is 17.1 Å². The van der Waals surface area contributed by atoms with Crippen LogP contribution in [0, 0.1) is 0 Å². The first kappa shape index (κ1) is 28.5. The van der Waals surface area contributed by atoms with Gasteiger partial charge >= 0.3 is 0 Å². The average Bonchev–Trinajstić information content (AvgIpc) is 3.50. The van der Waals surface area contributed by atoms with Crippen LogP contribution in [0.1, 0.15) is 28.3 Å². The number of hydrogen-bond donors (Lipinski definition) is 2. The molecule has 1 aromatic heterocycles. The van der Waals surface area contributed by atoms with Crippen LogP contribution in [0.2, 0.25) is 0 Å². The Bertz CT molecular complexity index is 2650. The predicted molar refractivity (Wildman–Crippen MR) is 211 cm³/mol. The zero-order valence-corrected chi connectivity index (χ0v) is 27.4. The van der Waals surface area contributed by atoms with Crippen molar-refractivity contribution in [2.45, 2.75) is 12.2 Å². The van der Waals surface area contributed by atoms with Gasteiger partial charge in [0.15, 0.2) is 0 Å². The molecule has 10 rings (SSSR count). The molecule has 2 aliphatic rings. The lowest BCUT2D eigenvalue weighted by Crippen LogP contribution is -2.48. The minimum atomic E-state index is -0.175. The van der Waals surface area contributed by atoms with Crippen LogP contribution >= 0.6 is 0 Å². The maximum absolute atomic E-state index is 4.77. The normalized spacial score (nSPS) is 17.3. The molecule has 2 N–H and O–H groups in total. The molecule has 7 aromatic carbocycles. The molecule has 0 spiro atoms. The second kappa shape index (κ2) is 11.3. The van der Waals surface area contributed by atoms with Gasteiger partial charge in [0.1, 0.15) is 6.17 Å². The first-order chi connectivity index (χ1) is 24.7. The molecule has 0 amide bonds. The molecular formula is C46H34N4. The van der Waals surface area contributed by atoms with Crippen LogP contribution in [0.5, 0.6) is 0 Å². The Morgan fingerprint density at radius 3 is 2.14 bits per heavy atom. The lowest BCUT2D eigenvalue weighted by Gasteiger charge is -2.43. The highest BCUT2D eigenvalue weighted by Gasteiger charge is 2.35. The third kappa shape index (κ3) is 4.46. The summed E-state index contributed by atoms with van der Waals surface area (Å²) < 4.78 is 2.39. The van der Waals surface area contributed by atoms with Crippen molar-refractivity contribution in [1.82, 2.24) is 4.57 Å². The van der Waals surface area contributed by atoms with E-state index in [0.29, 0.717) is 0 Å². The van der Waals surface area contributed by atoms with Gasteiger partial charge in [-0.05, 0) is 87.6 Å². The van der Waals surface area contributed by atoms with Gasteiger partial charge in [-0.1, -0.05) is 116 Å². The Labute approximate surface area is 291 Å². The van der Waals surface area contributed by atoms with Gasteiger partial charge in [-0.15, -0.1) is 0 Å². The van der Waals surface area contributed by atoms with Crippen molar-refractivity contribution in [3.8, 4) is 5.69 Å². The summed E-state index contributed by atoms with van der Waals surface area (Å²) in [6, 6.07) is 56.6. The third-order valence-electron chi connectivity index (χ3n) is 10.4. The molecule has 2 unspecified atom stereocenters. The first-order valence-corrected chi connectivity index (χ1v) is 17.2. The minimum Gasteiger partial charge on any atom is -0.373 e. The number of nitrogens with one attached hydrogen (secondary N) is 2. The highest BCUT2D eigenvalue weighted by Crippen LogP contribution is 2.45. The van der Waals surface area contributed by atoms with E-state index in [2.05, 4.69) is 190 Å². The van der Waals surface area contributed by atoms with E-state index in [1.165, 1.54) is 32.6 Å². The fourth-order valence-corrected chi connectivity index (χ4v) is 7.98. The second-order valence-electron chi connectivity index (χ2n) is 13.2. The number of rotatable bonds is 3. The summed E-state index contributed by atoms with van der Waals surface area (Å²) in [5.41, 5.74) is 12.4. The number of hydrogen-bond acceptors (Lipinski definition) is 3. The first-order valence-electron chi connectivity index (χ1n) is 17.2. The molecule has 0 aliphatic carbocycles. The second-order valence-corrected chi connectivity index (χ2v) is 13.2. The number of benzene rings is 7. The molecule has 0 fully saturated rings. The summed E-state index contributed by atoms with van der Waals surface area (Å²) in [4.78, 5) is 2.42. The van der Waals surface area contributed by atoms with Gasteiger partial charge in [0, 0.05) is 28.2 Å². The summed E-state index contributed by atoms with van der Waals surface area (Å²) in [6.45, 7) is 4.77. The molecule has 8 aromatic rings. The monoisotopic (exact) mass is 642 g/mol. The van der Waals surface area contributed by atoms with E-state index >= 15 is 0 Å². The van der Waals surface area contributed by atoms with E-state index in [4.69, 9.17) is 6.58 Å². The Morgan fingerprint density at radius 1 is 0.540 bits per heavy atom. The van der Waals surface area contributed by atoms with Gasteiger partial charge in [0.05, 0.1) is 34.1 Å². The zero-order valence-electron chi connectivity index (χ0n) is 27.4. The molecule has 0 bridgehead atoms. The molecule has 0 radical (unpaired) electrons. The third-order valence-corrected chi connectivity index (χ3v) is 10.4. The van der Waals surface area contributed by atoms with E-state index in [1.807, 2.05) is 0 Å². The average molecular weight is 643 g/mol. The van der Waals surface area contributed by atoms with Gasteiger partial charge in [-0.3, -0.25) is 0 Å². The number of anilines is 3. The number of aromatic nitrogens is 1. The molecule has 4 nitrogen and oxygen atoms in total. The Morgan fingerprint density at radius 2 is 1.26 bits per heavy atom. The van der Waals surface area contributed by atoms with E-state index in [-0.39, 0.29) is 12.2 Å². The van der Waals surface area contributed by atoms with Crippen LogP contribution in [0.25, 0.3) is 49.9 Å². The smallest absolute Gasteiger partial charge is 0.128 e. The van der Waals surface area contributed by atoms with Crippen molar-refractivity contribution in [2.24, 2.45) is 0 Å². The van der Waals surface area contributed by atoms with Crippen LogP contribution in [-0.4, -0.2) is 10.7 Å². The fourth-order valence-electron chi connectivity index (χ4n) is 7.98. The van der Waals surface area contributed by atoms with Crippen LogP contribution in [0.3, 0.4) is 0 Å². The van der Waals surface area contributed by atoms with E-state index in [0.717, 1.165) is 50.5 Å². The van der Waals surface area contributed by atoms with Crippen molar-refractivity contribution in [3.05, 3.63) is 193 Å². The summed E-state index contributed by atoms with van der Waals surface area (Å²) in [7, 11) is 0. The minimum absolute atomic E-state index is 0.0781. The Kier molecular flexibility index (Phi) is 6.43. The van der Waals surface area contributed by atoms with Crippen molar-refractivity contribution in [3.63, 3.8) is 0 Å². The van der Waals surface area contributed by atoms with Gasteiger partial charge < -0.3 is 20.1 Å². The van der Waals surface area contributed by atoms with Gasteiger partial charge in [0.25, 0.3) is 0 Å². The van der Waals surface area contributed by atoms with Crippen molar-refractivity contribution in [2.75, 3.05) is 15.5 Å². The highest BCUT2D eigenvalue weighted by molar-refractivity contribution is 6.12. The maximum atomic E-state index is 4.77. The lowest BCUT2D eigenvalue weighted by molar-refractivity contribution is 0.607. The van der Waals surface area contributed by atoms with Gasteiger partial charge in [-0.2, -0.15) is 0 Å². The predicted octanol–water partition coefficient (Wildman–Crippen LogP) is 11.4. The molecular weight excluding hydrogens is 609 g/mol. The lowest BCUT2D eigenvalue weighted by atomic mass is 9.90. The number of fused-ring (bicyclic) bond motifs is 7. The number of nitrogens with zero attached hydrogens (tertiary/aromatic N) is 2. The highest BCUT2D eigenvalue weighted by atomic mass is 15.3.